The van der Waals surface area contributed by atoms with Crippen molar-refractivity contribution in [3.05, 3.63) is 65.2 Å². The summed E-state index contributed by atoms with van der Waals surface area (Å²) in [4.78, 5) is 0. The second-order valence-electron chi connectivity index (χ2n) is 4.94. The second-order valence-corrected chi connectivity index (χ2v) is 4.94. The Balaban J connectivity index is 2.11. The van der Waals surface area contributed by atoms with Gasteiger partial charge < -0.3 is 10.4 Å². The van der Waals surface area contributed by atoms with Crippen LogP contribution in [-0.4, -0.2) is 5.11 Å². The summed E-state index contributed by atoms with van der Waals surface area (Å²) in [6.45, 7) is 4.12. The number of benzene rings is 2. The van der Waals surface area contributed by atoms with Gasteiger partial charge in [-0.25, -0.2) is 0 Å². The number of rotatable bonds is 4. The molecule has 0 amide bonds. The Hall–Kier alpha value is -2.31. The minimum absolute atomic E-state index is 0.114. The minimum Gasteiger partial charge on any atom is -0.508 e. The number of hydrogen-bond donors (Lipinski definition) is 2. The van der Waals surface area contributed by atoms with Crippen molar-refractivity contribution >= 4 is 0 Å². The monoisotopic (exact) mass is 266 g/mol. The van der Waals surface area contributed by atoms with Crippen LogP contribution >= 0.6 is 0 Å². The number of nitriles is 1. The summed E-state index contributed by atoms with van der Waals surface area (Å²) in [6, 6.07) is 17.2. The van der Waals surface area contributed by atoms with E-state index in [0.717, 1.165) is 11.1 Å². The molecular weight excluding hydrogens is 248 g/mol. The van der Waals surface area contributed by atoms with E-state index in [0.29, 0.717) is 5.56 Å². The molecule has 0 heterocycles. The van der Waals surface area contributed by atoms with Gasteiger partial charge in [-0.2, -0.15) is 5.26 Å². The molecule has 20 heavy (non-hydrogen) atoms. The predicted molar refractivity (Wildman–Crippen MR) is 79.2 cm³/mol. The van der Waals surface area contributed by atoms with E-state index in [9.17, 15) is 5.11 Å². The average Bonchev–Trinajstić information content (AvgIpc) is 2.47. The summed E-state index contributed by atoms with van der Waals surface area (Å²) < 4.78 is 0. The van der Waals surface area contributed by atoms with Gasteiger partial charge >= 0.3 is 0 Å². The van der Waals surface area contributed by atoms with Crippen LogP contribution in [0.2, 0.25) is 0 Å². The summed E-state index contributed by atoms with van der Waals surface area (Å²) in [5, 5.41) is 21.9. The van der Waals surface area contributed by atoms with Crippen LogP contribution in [0.5, 0.6) is 5.75 Å². The first-order valence-corrected chi connectivity index (χ1v) is 6.65. The number of nitrogens with one attached hydrogen (secondary N) is 1. The molecule has 3 heteroatoms. The normalized spacial score (nSPS) is 13.4. The van der Waals surface area contributed by atoms with Crippen LogP contribution in [0, 0.1) is 11.3 Å². The van der Waals surface area contributed by atoms with Gasteiger partial charge in [-0.1, -0.05) is 24.3 Å². The molecule has 0 saturated heterocycles. The quantitative estimate of drug-likeness (QED) is 0.887. The Morgan fingerprint density at radius 1 is 1.00 bits per heavy atom. The SMILES string of the molecule is CC(NC(C)c1cccc(C#N)c1)c1cccc(O)c1. The second kappa shape index (κ2) is 6.23. The van der Waals surface area contributed by atoms with Gasteiger partial charge in [0.05, 0.1) is 11.6 Å². The number of phenols is 1. The van der Waals surface area contributed by atoms with E-state index in [4.69, 9.17) is 5.26 Å². The molecule has 0 bridgehead atoms. The highest BCUT2D eigenvalue weighted by atomic mass is 16.3. The highest BCUT2D eigenvalue weighted by Gasteiger charge is 2.11. The van der Waals surface area contributed by atoms with Crippen molar-refractivity contribution in [1.29, 1.82) is 5.26 Å². The van der Waals surface area contributed by atoms with E-state index >= 15 is 0 Å². The van der Waals surface area contributed by atoms with Gasteiger partial charge in [-0.05, 0) is 49.2 Å². The number of nitrogens with zero attached hydrogens (tertiary/aromatic N) is 1. The number of phenolic OH excluding ortho intramolecular Hbond substituents is 1. The van der Waals surface area contributed by atoms with E-state index in [1.54, 1.807) is 18.2 Å². The molecular formula is C17H18N2O. The van der Waals surface area contributed by atoms with Crippen LogP contribution in [-0.2, 0) is 0 Å². The van der Waals surface area contributed by atoms with Crippen molar-refractivity contribution in [1.82, 2.24) is 5.32 Å². The van der Waals surface area contributed by atoms with Gasteiger partial charge in [0.1, 0.15) is 5.75 Å². The highest BCUT2D eigenvalue weighted by molar-refractivity contribution is 5.34. The van der Waals surface area contributed by atoms with Crippen molar-refractivity contribution < 1.29 is 5.11 Å². The third-order valence-electron chi connectivity index (χ3n) is 3.39. The van der Waals surface area contributed by atoms with Crippen molar-refractivity contribution in [2.75, 3.05) is 0 Å². The first-order valence-electron chi connectivity index (χ1n) is 6.65. The molecule has 2 atom stereocenters. The lowest BCUT2D eigenvalue weighted by Crippen LogP contribution is -2.22. The fourth-order valence-electron chi connectivity index (χ4n) is 2.24. The topological polar surface area (TPSA) is 56.0 Å². The minimum atomic E-state index is 0.114. The fourth-order valence-corrected chi connectivity index (χ4v) is 2.24. The highest BCUT2D eigenvalue weighted by Crippen LogP contribution is 2.22. The van der Waals surface area contributed by atoms with Crippen molar-refractivity contribution in [3.8, 4) is 11.8 Å². The lowest BCUT2D eigenvalue weighted by Gasteiger charge is -2.21. The average molecular weight is 266 g/mol. The molecule has 0 aliphatic rings. The third kappa shape index (κ3) is 3.37. The molecule has 0 spiro atoms. The smallest absolute Gasteiger partial charge is 0.115 e. The summed E-state index contributed by atoms with van der Waals surface area (Å²) >= 11 is 0. The van der Waals surface area contributed by atoms with E-state index in [1.165, 1.54) is 0 Å². The molecule has 2 aromatic carbocycles. The fraction of sp³-hybridized carbons (Fsp3) is 0.235. The van der Waals surface area contributed by atoms with Crippen molar-refractivity contribution in [3.63, 3.8) is 0 Å². The Morgan fingerprint density at radius 3 is 2.20 bits per heavy atom. The molecule has 0 fully saturated rings. The molecule has 0 aromatic heterocycles. The molecule has 0 saturated carbocycles. The predicted octanol–water partition coefficient (Wildman–Crippen LogP) is 3.68. The zero-order valence-corrected chi connectivity index (χ0v) is 11.7. The van der Waals surface area contributed by atoms with Gasteiger partial charge in [-0.15, -0.1) is 0 Å². The number of hydrogen-bond acceptors (Lipinski definition) is 3. The molecule has 0 aliphatic heterocycles. The largest absolute Gasteiger partial charge is 0.508 e. The third-order valence-corrected chi connectivity index (χ3v) is 3.39. The van der Waals surface area contributed by atoms with E-state index in [-0.39, 0.29) is 17.8 Å². The maximum Gasteiger partial charge on any atom is 0.115 e. The summed E-state index contributed by atoms with van der Waals surface area (Å²) in [6.07, 6.45) is 0. The van der Waals surface area contributed by atoms with Crippen LogP contribution in [0.1, 0.15) is 42.6 Å². The molecule has 102 valence electrons. The zero-order valence-electron chi connectivity index (χ0n) is 11.7. The van der Waals surface area contributed by atoms with Crippen LogP contribution in [0.15, 0.2) is 48.5 Å². The first kappa shape index (κ1) is 14.1. The summed E-state index contributed by atoms with van der Waals surface area (Å²) in [5.74, 6) is 0.273. The van der Waals surface area contributed by atoms with Gasteiger partial charge in [0.15, 0.2) is 0 Å². The molecule has 3 nitrogen and oxygen atoms in total. The van der Waals surface area contributed by atoms with Crippen molar-refractivity contribution in [2.24, 2.45) is 0 Å². The van der Waals surface area contributed by atoms with Crippen LogP contribution in [0.4, 0.5) is 0 Å². The molecule has 2 N–H and O–H groups in total. The molecule has 2 aromatic rings. The standard InChI is InChI=1S/C17H18N2O/c1-12(15-6-3-5-14(9-15)11-18)19-13(2)16-7-4-8-17(20)10-16/h3-10,12-13,19-20H,1-2H3. The van der Waals surface area contributed by atoms with Crippen LogP contribution in [0.25, 0.3) is 0 Å². The van der Waals surface area contributed by atoms with E-state index in [1.807, 2.05) is 30.3 Å². The van der Waals surface area contributed by atoms with Crippen LogP contribution in [0.3, 0.4) is 0 Å². The van der Waals surface area contributed by atoms with Gasteiger partial charge in [0, 0.05) is 12.1 Å². The Labute approximate surface area is 119 Å². The molecule has 2 rings (SSSR count). The maximum absolute atomic E-state index is 9.52. The van der Waals surface area contributed by atoms with Gasteiger partial charge in [0.2, 0.25) is 0 Å². The first-order chi connectivity index (χ1) is 9.60. The lowest BCUT2D eigenvalue weighted by atomic mass is 10.0. The lowest BCUT2D eigenvalue weighted by molar-refractivity contribution is 0.466. The van der Waals surface area contributed by atoms with Gasteiger partial charge in [-0.3, -0.25) is 0 Å². The van der Waals surface area contributed by atoms with Crippen LogP contribution < -0.4 is 5.32 Å². The van der Waals surface area contributed by atoms with Crippen molar-refractivity contribution in [2.45, 2.75) is 25.9 Å². The molecule has 0 radical (unpaired) electrons. The maximum atomic E-state index is 9.52. The van der Waals surface area contributed by atoms with E-state index < -0.39 is 0 Å². The number of aromatic hydroxyl groups is 1. The zero-order chi connectivity index (χ0) is 14.5. The molecule has 0 aliphatic carbocycles. The Bertz CT molecular complexity index is 631. The Morgan fingerprint density at radius 2 is 1.60 bits per heavy atom. The molecule has 2 unspecified atom stereocenters. The summed E-state index contributed by atoms with van der Waals surface area (Å²) in [5.41, 5.74) is 2.78. The summed E-state index contributed by atoms with van der Waals surface area (Å²) in [7, 11) is 0. The van der Waals surface area contributed by atoms with Gasteiger partial charge in [0.25, 0.3) is 0 Å². The van der Waals surface area contributed by atoms with E-state index in [2.05, 4.69) is 25.2 Å². The Kier molecular flexibility index (Phi) is 4.39.